The van der Waals surface area contributed by atoms with E-state index in [0.717, 1.165) is 0 Å². The second kappa shape index (κ2) is 3.19. The number of rotatable bonds is 0. The monoisotopic (exact) mass is 198 g/mol. The molecule has 0 N–H and O–H groups in total. The molecule has 0 heterocycles. The summed E-state index contributed by atoms with van der Waals surface area (Å²) < 4.78 is 0. The highest BCUT2D eigenvalue weighted by Crippen LogP contribution is 2.31. The zero-order chi connectivity index (χ0) is 9.19. The maximum atomic E-state index is 8.65. The lowest BCUT2D eigenvalue weighted by Gasteiger charge is -2.21. The number of alkyl halides is 2. The molecule has 2 atom stereocenters. The molecule has 0 saturated heterocycles. The average molecular weight is 199 g/mol. The van der Waals surface area contributed by atoms with Crippen LogP contribution in [0.5, 0.6) is 0 Å². The summed E-state index contributed by atoms with van der Waals surface area (Å²) in [6.07, 6.45) is 4.40. The molecule has 1 rings (SSSR count). The van der Waals surface area contributed by atoms with Crippen LogP contribution in [0.4, 0.5) is 0 Å². The Morgan fingerprint density at radius 3 is 2.58 bits per heavy atom. The number of nitrogens with zero attached hydrogens (tertiary/aromatic N) is 2. The van der Waals surface area contributed by atoms with Gasteiger partial charge < -0.3 is 0 Å². The van der Waals surface area contributed by atoms with E-state index in [2.05, 4.69) is 0 Å². The van der Waals surface area contributed by atoms with E-state index in [4.69, 9.17) is 33.7 Å². The third kappa shape index (κ3) is 1.46. The maximum absolute atomic E-state index is 8.65. The molecule has 1 aliphatic carbocycles. The zero-order valence-corrected chi connectivity index (χ0v) is 7.47. The molecular weight excluding hydrogens is 195 g/mol. The molecule has 0 bridgehead atoms. The van der Waals surface area contributed by atoms with Crippen LogP contribution in [0.2, 0.25) is 0 Å². The van der Waals surface area contributed by atoms with Crippen LogP contribution in [0.3, 0.4) is 0 Å². The largest absolute Gasteiger partial charge is 0.196 e. The van der Waals surface area contributed by atoms with E-state index in [1.807, 2.05) is 12.1 Å². The molecule has 0 amide bonds. The topological polar surface area (TPSA) is 47.6 Å². The highest BCUT2D eigenvalue weighted by atomic mass is 35.5. The van der Waals surface area contributed by atoms with Gasteiger partial charge in [0.25, 0.3) is 0 Å². The van der Waals surface area contributed by atoms with Gasteiger partial charge in [-0.05, 0) is 18.2 Å². The van der Waals surface area contributed by atoms with E-state index < -0.39 is 10.3 Å². The summed E-state index contributed by atoms with van der Waals surface area (Å²) in [5, 5.41) is 16.5. The standard InChI is InChI=1S/C8H4Cl2N2/c9-7-3-6(4-11)1-2-8(7,10)5-12/h1-3,7H. The van der Waals surface area contributed by atoms with Gasteiger partial charge in [0.2, 0.25) is 0 Å². The second-order valence-corrected chi connectivity index (χ2v) is 3.44. The van der Waals surface area contributed by atoms with Crippen molar-refractivity contribution in [2.24, 2.45) is 0 Å². The molecule has 0 aliphatic heterocycles. The van der Waals surface area contributed by atoms with Gasteiger partial charge in [0.05, 0.1) is 17.5 Å². The lowest BCUT2D eigenvalue weighted by Crippen LogP contribution is -2.29. The molecule has 1 aliphatic rings. The Morgan fingerprint density at radius 1 is 1.50 bits per heavy atom. The van der Waals surface area contributed by atoms with E-state index in [1.165, 1.54) is 18.2 Å². The minimum Gasteiger partial charge on any atom is -0.196 e. The Kier molecular flexibility index (Phi) is 2.43. The second-order valence-electron chi connectivity index (χ2n) is 2.35. The first-order chi connectivity index (χ1) is 5.62. The number of allylic oxidation sites excluding steroid dienone is 4. The van der Waals surface area contributed by atoms with Crippen LogP contribution in [0.1, 0.15) is 0 Å². The summed E-state index contributed by atoms with van der Waals surface area (Å²) in [5.41, 5.74) is 0.432. The van der Waals surface area contributed by atoms with E-state index in [-0.39, 0.29) is 0 Å². The zero-order valence-electron chi connectivity index (χ0n) is 5.96. The predicted octanol–water partition coefficient (Wildman–Crippen LogP) is 2.11. The van der Waals surface area contributed by atoms with E-state index >= 15 is 0 Å². The predicted molar refractivity (Wildman–Crippen MR) is 46.7 cm³/mol. The van der Waals surface area contributed by atoms with Gasteiger partial charge in [-0.15, -0.1) is 11.6 Å². The molecule has 0 radical (unpaired) electrons. The Hall–Kier alpha value is -0.960. The fraction of sp³-hybridized carbons (Fsp3) is 0.250. The van der Waals surface area contributed by atoms with Gasteiger partial charge in [0.15, 0.2) is 4.87 Å². The molecule has 2 unspecified atom stereocenters. The minimum absolute atomic E-state index is 0.432. The van der Waals surface area contributed by atoms with Crippen LogP contribution >= 0.6 is 23.2 Å². The van der Waals surface area contributed by atoms with Crippen molar-refractivity contribution in [3.05, 3.63) is 23.8 Å². The van der Waals surface area contributed by atoms with Crippen molar-refractivity contribution in [2.45, 2.75) is 10.3 Å². The van der Waals surface area contributed by atoms with Crippen LogP contribution in [0.25, 0.3) is 0 Å². The Morgan fingerprint density at radius 2 is 2.17 bits per heavy atom. The number of hydrogen-bond acceptors (Lipinski definition) is 2. The molecule has 0 aromatic heterocycles. The summed E-state index contributed by atoms with van der Waals surface area (Å²) in [6, 6.07) is 3.79. The van der Waals surface area contributed by atoms with Crippen LogP contribution in [-0.2, 0) is 0 Å². The first-order valence-electron chi connectivity index (χ1n) is 3.18. The summed E-state index contributed by atoms with van der Waals surface area (Å²) >= 11 is 11.6. The fourth-order valence-corrected chi connectivity index (χ4v) is 1.19. The summed E-state index contributed by atoms with van der Waals surface area (Å²) in [6.45, 7) is 0. The van der Waals surface area contributed by atoms with Gasteiger partial charge in [-0.25, -0.2) is 0 Å². The first kappa shape index (κ1) is 9.13. The van der Waals surface area contributed by atoms with Crippen LogP contribution in [-0.4, -0.2) is 10.3 Å². The van der Waals surface area contributed by atoms with Gasteiger partial charge in [0.1, 0.15) is 0 Å². The van der Waals surface area contributed by atoms with Crippen molar-refractivity contribution >= 4 is 23.2 Å². The van der Waals surface area contributed by atoms with Crippen LogP contribution < -0.4 is 0 Å². The van der Waals surface area contributed by atoms with Gasteiger partial charge in [-0.2, -0.15) is 10.5 Å². The molecule has 0 saturated carbocycles. The molecule has 0 spiro atoms. The average Bonchev–Trinajstić information content (AvgIpc) is 2.10. The lowest BCUT2D eigenvalue weighted by molar-refractivity contribution is 0.884. The number of hydrogen-bond donors (Lipinski definition) is 0. The Bertz CT molecular complexity index is 332. The van der Waals surface area contributed by atoms with Crippen molar-refractivity contribution in [2.75, 3.05) is 0 Å². The Balaban J connectivity index is 3.00. The molecule has 0 aromatic rings. The lowest BCUT2D eigenvalue weighted by atomic mass is 9.97. The van der Waals surface area contributed by atoms with Crippen molar-refractivity contribution in [3.63, 3.8) is 0 Å². The van der Waals surface area contributed by atoms with Crippen LogP contribution in [0, 0.1) is 22.7 Å². The molecule has 0 fully saturated rings. The SMILES string of the molecule is N#CC1=CC(Cl)C(Cl)(C#N)C=C1. The molecule has 60 valence electrons. The third-order valence-electron chi connectivity index (χ3n) is 1.53. The molecule has 12 heavy (non-hydrogen) atoms. The number of halogens is 2. The molecular formula is C8H4Cl2N2. The normalized spacial score (nSPS) is 33.3. The summed E-state index contributed by atoms with van der Waals surface area (Å²) in [4.78, 5) is -1.21. The molecule has 2 nitrogen and oxygen atoms in total. The van der Waals surface area contributed by atoms with Crippen molar-refractivity contribution < 1.29 is 0 Å². The van der Waals surface area contributed by atoms with E-state index in [1.54, 1.807) is 0 Å². The smallest absolute Gasteiger partial charge is 0.169 e. The van der Waals surface area contributed by atoms with Gasteiger partial charge in [0, 0.05) is 5.57 Å². The van der Waals surface area contributed by atoms with Gasteiger partial charge in [-0.1, -0.05) is 11.6 Å². The number of nitriles is 2. The maximum Gasteiger partial charge on any atom is 0.169 e. The minimum atomic E-state index is -1.21. The van der Waals surface area contributed by atoms with Crippen molar-refractivity contribution in [1.82, 2.24) is 0 Å². The molecule has 0 aromatic carbocycles. The van der Waals surface area contributed by atoms with E-state index in [9.17, 15) is 0 Å². The van der Waals surface area contributed by atoms with Gasteiger partial charge in [-0.3, -0.25) is 0 Å². The fourth-order valence-electron chi connectivity index (χ4n) is 0.811. The highest BCUT2D eigenvalue weighted by molar-refractivity contribution is 6.36. The summed E-state index contributed by atoms with van der Waals surface area (Å²) in [5.74, 6) is 0. The van der Waals surface area contributed by atoms with Crippen LogP contribution in [0.15, 0.2) is 23.8 Å². The highest BCUT2D eigenvalue weighted by Gasteiger charge is 2.34. The summed E-state index contributed by atoms with van der Waals surface area (Å²) in [7, 11) is 0. The van der Waals surface area contributed by atoms with E-state index in [0.29, 0.717) is 5.57 Å². The van der Waals surface area contributed by atoms with Crippen molar-refractivity contribution in [1.29, 1.82) is 10.5 Å². The van der Waals surface area contributed by atoms with Crippen molar-refractivity contribution in [3.8, 4) is 12.1 Å². The first-order valence-corrected chi connectivity index (χ1v) is 3.99. The van der Waals surface area contributed by atoms with Gasteiger partial charge >= 0.3 is 0 Å². The molecule has 4 heteroatoms. The quantitative estimate of drug-likeness (QED) is 0.561. The Labute approximate surface area is 80.3 Å². The third-order valence-corrected chi connectivity index (χ3v) is 2.56.